The van der Waals surface area contributed by atoms with Crippen molar-refractivity contribution in [3.05, 3.63) is 29.6 Å². The Morgan fingerprint density at radius 1 is 1.42 bits per heavy atom. The van der Waals surface area contributed by atoms with Crippen LogP contribution in [0.4, 0.5) is 0 Å². The van der Waals surface area contributed by atoms with Crippen LogP contribution < -0.4 is 5.32 Å². The van der Waals surface area contributed by atoms with Crippen molar-refractivity contribution in [1.29, 1.82) is 0 Å². The summed E-state index contributed by atoms with van der Waals surface area (Å²) < 4.78 is 23.5. The first-order valence-electron chi connectivity index (χ1n) is 5.94. The van der Waals surface area contributed by atoms with Gasteiger partial charge in [0.15, 0.2) is 0 Å². The Morgan fingerprint density at radius 3 is 2.68 bits per heavy atom. The quantitative estimate of drug-likeness (QED) is 0.767. The lowest BCUT2D eigenvalue weighted by Crippen LogP contribution is -2.31. The van der Waals surface area contributed by atoms with Gasteiger partial charge in [-0.15, -0.1) is 0 Å². The zero-order valence-corrected chi connectivity index (χ0v) is 12.2. The normalized spacial score (nSPS) is 11.6. The molecule has 0 unspecified atom stereocenters. The first-order chi connectivity index (χ1) is 8.80. The molecule has 0 spiro atoms. The number of carbonyl (C=O) groups excluding carboxylic acids is 1. The number of carbonyl (C=O) groups is 1. The highest BCUT2D eigenvalue weighted by Crippen LogP contribution is 1.98. The molecule has 0 saturated heterocycles. The van der Waals surface area contributed by atoms with Gasteiger partial charge in [0.1, 0.15) is 5.69 Å². The number of nitrogens with one attached hydrogen (secondary N) is 1. The summed E-state index contributed by atoms with van der Waals surface area (Å²) in [7, 11) is -1.64. The lowest BCUT2D eigenvalue weighted by atomic mass is 10.3. The molecule has 106 valence electrons. The van der Waals surface area contributed by atoms with E-state index in [9.17, 15) is 13.2 Å². The highest BCUT2D eigenvalue weighted by Gasteiger charge is 2.10. The van der Waals surface area contributed by atoms with Gasteiger partial charge in [0, 0.05) is 25.8 Å². The molecule has 1 rings (SSSR count). The molecule has 1 amide bonds. The van der Waals surface area contributed by atoms with Crippen LogP contribution in [0.15, 0.2) is 18.2 Å². The summed E-state index contributed by atoms with van der Waals surface area (Å²) >= 11 is 0. The van der Waals surface area contributed by atoms with Crippen LogP contribution in [-0.4, -0.2) is 50.0 Å². The van der Waals surface area contributed by atoms with Crippen LogP contribution >= 0.6 is 0 Å². The van der Waals surface area contributed by atoms with Gasteiger partial charge in [0.25, 0.3) is 5.91 Å². The number of rotatable bonds is 6. The number of aryl methyl sites for hydroxylation is 1. The molecular formula is C12H19N3O3S. The molecule has 0 aliphatic carbocycles. The third kappa shape index (κ3) is 5.35. The molecule has 1 aromatic heterocycles. The van der Waals surface area contributed by atoms with Gasteiger partial charge in [0.05, 0.1) is 6.26 Å². The van der Waals surface area contributed by atoms with Crippen molar-refractivity contribution in [3.8, 4) is 0 Å². The fourth-order valence-corrected chi connectivity index (χ4v) is 1.89. The van der Waals surface area contributed by atoms with E-state index in [1.165, 1.54) is 11.4 Å². The summed E-state index contributed by atoms with van der Waals surface area (Å²) in [5.41, 5.74) is 1.15. The monoisotopic (exact) mass is 285 g/mol. The minimum atomic E-state index is -3.15. The summed E-state index contributed by atoms with van der Waals surface area (Å²) in [4.78, 5) is 15.8. The first kappa shape index (κ1) is 15.6. The van der Waals surface area contributed by atoms with Crippen molar-refractivity contribution in [1.82, 2.24) is 14.6 Å². The van der Waals surface area contributed by atoms with Gasteiger partial charge in [-0.2, -0.15) is 0 Å². The zero-order chi connectivity index (χ0) is 14.5. The van der Waals surface area contributed by atoms with Crippen molar-refractivity contribution < 1.29 is 13.2 Å². The van der Waals surface area contributed by atoms with E-state index in [4.69, 9.17) is 0 Å². The van der Waals surface area contributed by atoms with E-state index >= 15 is 0 Å². The standard InChI is InChI=1S/C12H19N3O3S/c1-10-6-4-7-11(14-10)12(16)13-8-5-9-15(2)19(3,17)18/h4,6-7H,5,8-9H2,1-3H3,(H,13,16). The third-order valence-electron chi connectivity index (χ3n) is 2.62. The molecule has 0 atom stereocenters. The topological polar surface area (TPSA) is 79.4 Å². The Bertz CT molecular complexity index is 543. The van der Waals surface area contributed by atoms with Crippen molar-refractivity contribution >= 4 is 15.9 Å². The molecule has 1 heterocycles. The molecule has 0 saturated carbocycles. The Kier molecular flexibility index (Phi) is 5.44. The van der Waals surface area contributed by atoms with Gasteiger partial charge in [0.2, 0.25) is 10.0 Å². The van der Waals surface area contributed by atoms with Gasteiger partial charge in [-0.25, -0.2) is 17.7 Å². The van der Waals surface area contributed by atoms with E-state index in [-0.39, 0.29) is 5.91 Å². The zero-order valence-electron chi connectivity index (χ0n) is 11.4. The van der Waals surface area contributed by atoms with Crippen molar-refractivity contribution in [3.63, 3.8) is 0 Å². The number of nitrogens with zero attached hydrogens (tertiary/aromatic N) is 2. The second kappa shape index (κ2) is 6.63. The van der Waals surface area contributed by atoms with Crippen LogP contribution in [0.1, 0.15) is 22.6 Å². The van der Waals surface area contributed by atoms with Gasteiger partial charge in [-0.05, 0) is 25.5 Å². The number of pyridine rings is 1. The second-order valence-corrected chi connectivity index (χ2v) is 6.45. The van der Waals surface area contributed by atoms with Crippen LogP contribution in [0, 0.1) is 6.92 Å². The fourth-order valence-electron chi connectivity index (χ4n) is 1.43. The van der Waals surface area contributed by atoms with E-state index in [1.54, 1.807) is 12.1 Å². The highest BCUT2D eigenvalue weighted by atomic mass is 32.2. The Balaban J connectivity index is 2.36. The van der Waals surface area contributed by atoms with E-state index in [1.807, 2.05) is 13.0 Å². The molecular weight excluding hydrogens is 266 g/mol. The predicted molar refractivity (Wildman–Crippen MR) is 73.4 cm³/mol. The molecule has 0 aromatic carbocycles. The average Bonchev–Trinajstić information content (AvgIpc) is 2.32. The summed E-state index contributed by atoms with van der Waals surface area (Å²) in [5.74, 6) is -0.245. The van der Waals surface area contributed by atoms with E-state index in [2.05, 4.69) is 10.3 Å². The molecule has 6 nitrogen and oxygen atoms in total. The number of hydrogen-bond donors (Lipinski definition) is 1. The number of sulfonamides is 1. The minimum Gasteiger partial charge on any atom is -0.351 e. The molecule has 0 aliphatic heterocycles. The van der Waals surface area contributed by atoms with E-state index in [0.29, 0.717) is 25.2 Å². The lowest BCUT2D eigenvalue weighted by Gasteiger charge is -2.13. The minimum absolute atomic E-state index is 0.245. The van der Waals surface area contributed by atoms with E-state index < -0.39 is 10.0 Å². The Morgan fingerprint density at radius 2 is 2.11 bits per heavy atom. The molecule has 1 N–H and O–H groups in total. The Labute approximate surface area is 113 Å². The summed E-state index contributed by atoms with van der Waals surface area (Å²) in [6.45, 7) is 2.60. The number of amides is 1. The van der Waals surface area contributed by atoms with Gasteiger partial charge < -0.3 is 5.32 Å². The highest BCUT2D eigenvalue weighted by molar-refractivity contribution is 7.88. The molecule has 0 fully saturated rings. The SMILES string of the molecule is Cc1cccc(C(=O)NCCCN(C)S(C)(=O)=O)n1. The van der Waals surface area contributed by atoms with Crippen LogP contribution in [0.3, 0.4) is 0 Å². The van der Waals surface area contributed by atoms with Crippen LogP contribution in [-0.2, 0) is 10.0 Å². The maximum absolute atomic E-state index is 11.7. The molecule has 19 heavy (non-hydrogen) atoms. The van der Waals surface area contributed by atoms with Crippen molar-refractivity contribution in [2.45, 2.75) is 13.3 Å². The largest absolute Gasteiger partial charge is 0.351 e. The predicted octanol–water partition coefficient (Wildman–Crippen LogP) is 0.401. The Hall–Kier alpha value is -1.47. The maximum atomic E-state index is 11.7. The first-order valence-corrected chi connectivity index (χ1v) is 7.78. The van der Waals surface area contributed by atoms with Gasteiger partial charge in [-0.3, -0.25) is 4.79 Å². The van der Waals surface area contributed by atoms with Crippen LogP contribution in [0.5, 0.6) is 0 Å². The number of aromatic nitrogens is 1. The lowest BCUT2D eigenvalue weighted by molar-refractivity contribution is 0.0947. The number of hydrogen-bond acceptors (Lipinski definition) is 4. The summed E-state index contributed by atoms with van der Waals surface area (Å²) in [5, 5.41) is 2.71. The van der Waals surface area contributed by atoms with Gasteiger partial charge in [-0.1, -0.05) is 6.07 Å². The fraction of sp³-hybridized carbons (Fsp3) is 0.500. The molecule has 0 bridgehead atoms. The molecule has 0 radical (unpaired) electrons. The van der Waals surface area contributed by atoms with Crippen molar-refractivity contribution in [2.75, 3.05) is 26.4 Å². The second-order valence-electron chi connectivity index (χ2n) is 4.36. The van der Waals surface area contributed by atoms with E-state index in [0.717, 1.165) is 11.9 Å². The average molecular weight is 285 g/mol. The van der Waals surface area contributed by atoms with Gasteiger partial charge >= 0.3 is 0 Å². The molecule has 1 aromatic rings. The summed E-state index contributed by atoms with van der Waals surface area (Å²) in [6, 6.07) is 5.23. The maximum Gasteiger partial charge on any atom is 0.269 e. The molecule has 7 heteroatoms. The smallest absolute Gasteiger partial charge is 0.269 e. The third-order valence-corrected chi connectivity index (χ3v) is 3.94. The van der Waals surface area contributed by atoms with Crippen LogP contribution in [0.25, 0.3) is 0 Å². The summed E-state index contributed by atoms with van der Waals surface area (Å²) in [6.07, 6.45) is 1.71. The van der Waals surface area contributed by atoms with Crippen molar-refractivity contribution in [2.24, 2.45) is 0 Å². The molecule has 0 aliphatic rings. The van der Waals surface area contributed by atoms with Crippen LogP contribution in [0.2, 0.25) is 0 Å².